The number of thiophene rings is 1. The normalized spacial score (nSPS) is 11.5. The Morgan fingerprint density at radius 3 is 2.57 bits per heavy atom. The highest BCUT2D eigenvalue weighted by molar-refractivity contribution is 7.20. The van der Waals surface area contributed by atoms with E-state index in [1.165, 1.54) is 28.3 Å². The smallest absolute Gasteiger partial charge is 0.320 e. The summed E-state index contributed by atoms with van der Waals surface area (Å²) in [6.07, 6.45) is 5.51. The Labute approximate surface area is 181 Å². The Balaban J connectivity index is 1.63. The monoisotopic (exact) mass is 445 g/mol. The van der Waals surface area contributed by atoms with Crippen LogP contribution in [0.2, 0.25) is 4.34 Å². The van der Waals surface area contributed by atoms with Gasteiger partial charge in [-0.2, -0.15) is 0 Å². The van der Waals surface area contributed by atoms with E-state index in [4.69, 9.17) is 11.6 Å². The van der Waals surface area contributed by atoms with Crippen LogP contribution in [0.25, 0.3) is 5.69 Å². The predicted octanol–water partition coefficient (Wildman–Crippen LogP) is 3.88. The van der Waals surface area contributed by atoms with Gasteiger partial charge in [0.05, 0.1) is 15.5 Å². The molecule has 1 unspecified atom stereocenters. The largest absolute Gasteiger partial charge is 0.326 e. The van der Waals surface area contributed by atoms with E-state index in [0.717, 1.165) is 0 Å². The zero-order valence-corrected chi connectivity index (χ0v) is 17.7. The third-order valence-corrected chi connectivity index (χ3v) is 5.29. The molecule has 0 aliphatic heterocycles. The van der Waals surface area contributed by atoms with E-state index in [1.807, 2.05) is 6.92 Å². The van der Waals surface area contributed by atoms with Gasteiger partial charge in [-0.3, -0.25) is 24.5 Å². The van der Waals surface area contributed by atoms with Gasteiger partial charge in [0.2, 0.25) is 5.91 Å². The SMILES string of the molecule is CCCC(NC(=O)Nc1ccc(Cl)s1)C(=O)Nc1ccc(-n2ccncc2=O)cc1. The van der Waals surface area contributed by atoms with E-state index < -0.39 is 12.1 Å². The Morgan fingerprint density at radius 1 is 1.17 bits per heavy atom. The maximum atomic E-state index is 12.7. The first-order valence-corrected chi connectivity index (χ1v) is 10.4. The molecule has 1 atom stereocenters. The Bertz CT molecular complexity index is 1080. The molecule has 156 valence electrons. The van der Waals surface area contributed by atoms with Crippen molar-refractivity contribution in [2.24, 2.45) is 0 Å². The molecule has 2 aromatic heterocycles. The minimum atomic E-state index is -0.701. The van der Waals surface area contributed by atoms with E-state index in [0.29, 0.717) is 33.6 Å². The number of benzene rings is 1. The van der Waals surface area contributed by atoms with Crippen LogP contribution in [0.4, 0.5) is 15.5 Å². The van der Waals surface area contributed by atoms with Crippen LogP contribution in [0.15, 0.2) is 59.8 Å². The summed E-state index contributed by atoms with van der Waals surface area (Å²) in [7, 11) is 0. The van der Waals surface area contributed by atoms with Gasteiger partial charge in [-0.25, -0.2) is 4.79 Å². The molecule has 3 amide bonds. The maximum absolute atomic E-state index is 12.7. The molecule has 3 aromatic rings. The van der Waals surface area contributed by atoms with Crippen molar-refractivity contribution in [3.05, 3.63) is 69.7 Å². The van der Waals surface area contributed by atoms with Crippen molar-refractivity contribution in [1.82, 2.24) is 14.9 Å². The molecule has 30 heavy (non-hydrogen) atoms. The molecule has 0 saturated heterocycles. The molecule has 0 radical (unpaired) electrons. The minimum absolute atomic E-state index is 0.250. The molecule has 10 heteroatoms. The molecule has 0 saturated carbocycles. The third-order valence-electron chi connectivity index (χ3n) is 4.15. The number of urea groups is 1. The molecule has 2 heterocycles. The lowest BCUT2D eigenvalue weighted by Crippen LogP contribution is -2.45. The fourth-order valence-electron chi connectivity index (χ4n) is 2.74. The second-order valence-corrected chi connectivity index (χ2v) is 8.08. The maximum Gasteiger partial charge on any atom is 0.320 e. The molecule has 0 bridgehead atoms. The summed E-state index contributed by atoms with van der Waals surface area (Å²) >= 11 is 7.09. The summed E-state index contributed by atoms with van der Waals surface area (Å²) in [6, 6.07) is 9.01. The highest BCUT2D eigenvalue weighted by atomic mass is 35.5. The average Bonchev–Trinajstić information content (AvgIpc) is 3.13. The molecule has 1 aromatic carbocycles. The Hall–Kier alpha value is -3.17. The number of amides is 3. The Morgan fingerprint density at radius 2 is 1.93 bits per heavy atom. The number of hydrogen-bond donors (Lipinski definition) is 3. The number of halogens is 1. The number of nitrogens with zero attached hydrogens (tertiary/aromatic N) is 2. The van der Waals surface area contributed by atoms with Gasteiger partial charge in [0, 0.05) is 23.8 Å². The first-order chi connectivity index (χ1) is 14.5. The summed E-state index contributed by atoms with van der Waals surface area (Å²) in [5, 5.41) is 8.74. The Kier molecular flexibility index (Phi) is 7.21. The highest BCUT2D eigenvalue weighted by Crippen LogP contribution is 2.25. The van der Waals surface area contributed by atoms with Crippen molar-refractivity contribution < 1.29 is 9.59 Å². The van der Waals surface area contributed by atoms with Gasteiger partial charge in [-0.05, 0) is 42.8 Å². The van der Waals surface area contributed by atoms with Gasteiger partial charge >= 0.3 is 6.03 Å². The van der Waals surface area contributed by atoms with Crippen LogP contribution in [-0.2, 0) is 4.79 Å². The summed E-state index contributed by atoms with van der Waals surface area (Å²) < 4.78 is 2.01. The zero-order valence-electron chi connectivity index (χ0n) is 16.1. The molecule has 0 aliphatic carbocycles. The second-order valence-electron chi connectivity index (χ2n) is 6.36. The molecule has 3 N–H and O–H groups in total. The molecular weight excluding hydrogens is 426 g/mol. The van der Waals surface area contributed by atoms with Crippen LogP contribution in [0, 0.1) is 0 Å². The second kappa shape index (κ2) is 10.0. The van der Waals surface area contributed by atoms with Gasteiger partial charge < -0.3 is 10.6 Å². The first-order valence-electron chi connectivity index (χ1n) is 9.23. The average molecular weight is 446 g/mol. The van der Waals surface area contributed by atoms with Crippen LogP contribution < -0.4 is 21.5 Å². The lowest BCUT2D eigenvalue weighted by atomic mass is 10.1. The standard InChI is InChI=1S/C20H20ClN5O3S/c1-2-3-15(24-20(29)25-17-9-8-16(21)30-17)19(28)23-13-4-6-14(7-5-13)26-11-10-22-12-18(26)27/h4-12,15H,2-3H2,1H3,(H,23,28)(H2,24,25,29). The lowest BCUT2D eigenvalue weighted by Gasteiger charge is -2.18. The molecular formula is C20H20ClN5O3S. The van der Waals surface area contributed by atoms with Crippen LogP contribution in [-0.4, -0.2) is 27.5 Å². The van der Waals surface area contributed by atoms with Gasteiger partial charge in [0.1, 0.15) is 6.04 Å². The number of aromatic nitrogens is 2. The quantitative estimate of drug-likeness (QED) is 0.513. The lowest BCUT2D eigenvalue weighted by molar-refractivity contribution is -0.118. The third kappa shape index (κ3) is 5.68. The van der Waals surface area contributed by atoms with E-state index in [2.05, 4.69) is 20.9 Å². The molecule has 0 aliphatic rings. The van der Waals surface area contributed by atoms with Crippen LogP contribution >= 0.6 is 22.9 Å². The van der Waals surface area contributed by atoms with Crippen molar-refractivity contribution in [2.75, 3.05) is 10.6 Å². The number of rotatable bonds is 7. The summed E-state index contributed by atoms with van der Waals surface area (Å²) in [4.78, 5) is 40.5. The van der Waals surface area contributed by atoms with E-state index in [-0.39, 0.29) is 11.5 Å². The molecule has 0 fully saturated rings. The number of nitrogens with one attached hydrogen (secondary N) is 3. The summed E-state index contributed by atoms with van der Waals surface area (Å²) in [5.74, 6) is -0.329. The van der Waals surface area contributed by atoms with Crippen LogP contribution in [0.5, 0.6) is 0 Å². The first kappa shape index (κ1) is 21.5. The molecule has 0 spiro atoms. The van der Waals surface area contributed by atoms with Crippen molar-refractivity contribution in [3.8, 4) is 5.69 Å². The molecule has 3 rings (SSSR count). The minimum Gasteiger partial charge on any atom is -0.326 e. The van der Waals surface area contributed by atoms with Crippen molar-refractivity contribution in [2.45, 2.75) is 25.8 Å². The topological polar surface area (TPSA) is 105 Å². The van der Waals surface area contributed by atoms with E-state index in [1.54, 1.807) is 42.6 Å². The van der Waals surface area contributed by atoms with Crippen molar-refractivity contribution in [1.29, 1.82) is 0 Å². The van der Waals surface area contributed by atoms with E-state index >= 15 is 0 Å². The zero-order chi connectivity index (χ0) is 21.5. The van der Waals surface area contributed by atoms with Gasteiger partial charge in [0.15, 0.2) is 0 Å². The summed E-state index contributed by atoms with van der Waals surface area (Å²) in [5.41, 5.74) is 0.955. The number of carbonyl (C=O) groups is 2. The van der Waals surface area contributed by atoms with Crippen molar-refractivity contribution in [3.63, 3.8) is 0 Å². The number of anilines is 2. The van der Waals surface area contributed by atoms with Gasteiger partial charge in [0.25, 0.3) is 5.56 Å². The number of carbonyl (C=O) groups excluding carboxylic acids is 2. The van der Waals surface area contributed by atoms with E-state index in [9.17, 15) is 14.4 Å². The van der Waals surface area contributed by atoms with Crippen LogP contribution in [0.1, 0.15) is 19.8 Å². The van der Waals surface area contributed by atoms with Crippen LogP contribution in [0.3, 0.4) is 0 Å². The fraction of sp³-hybridized carbons (Fsp3) is 0.200. The highest BCUT2D eigenvalue weighted by Gasteiger charge is 2.20. The summed E-state index contributed by atoms with van der Waals surface area (Å²) in [6.45, 7) is 1.93. The molecule has 8 nitrogen and oxygen atoms in total. The predicted molar refractivity (Wildman–Crippen MR) is 119 cm³/mol. The van der Waals surface area contributed by atoms with Gasteiger partial charge in [-0.1, -0.05) is 24.9 Å². The number of hydrogen-bond acceptors (Lipinski definition) is 5. The fourth-order valence-corrected chi connectivity index (χ4v) is 3.68. The van der Waals surface area contributed by atoms with Crippen molar-refractivity contribution >= 4 is 45.6 Å². The van der Waals surface area contributed by atoms with Gasteiger partial charge in [-0.15, -0.1) is 11.3 Å².